The summed E-state index contributed by atoms with van der Waals surface area (Å²) >= 11 is 7.11. The van der Waals surface area contributed by atoms with Crippen LogP contribution in [-0.4, -0.2) is 11.6 Å². The van der Waals surface area contributed by atoms with Crippen molar-refractivity contribution in [3.05, 3.63) is 42.2 Å². The molecule has 0 N–H and O–H groups in total. The highest BCUT2D eigenvalue weighted by Crippen LogP contribution is 2.20. The second-order valence-corrected chi connectivity index (χ2v) is 3.95. The molecule has 0 saturated carbocycles. The van der Waals surface area contributed by atoms with Crippen molar-refractivity contribution in [2.24, 2.45) is 0 Å². The van der Waals surface area contributed by atoms with Gasteiger partial charge in [0.25, 0.3) is 0 Å². The van der Waals surface area contributed by atoms with E-state index in [0.29, 0.717) is 5.88 Å². The standard InChI is InChI=1S/C10H10ClFS/c1-8(6-11)7-13-10-4-2-3-9(12)5-10/h2-5H,1,6-7H2. The molecule has 3 heteroatoms. The minimum Gasteiger partial charge on any atom is -0.207 e. The maximum Gasteiger partial charge on any atom is 0.124 e. The first kappa shape index (κ1) is 10.6. The van der Waals surface area contributed by atoms with Gasteiger partial charge in [0.15, 0.2) is 0 Å². The maximum atomic E-state index is 12.7. The van der Waals surface area contributed by atoms with E-state index >= 15 is 0 Å². The Hall–Kier alpha value is -0.470. The molecule has 0 nitrogen and oxygen atoms in total. The van der Waals surface area contributed by atoms with Gasteiger partial charge in [-0.25, -0.2) is 4.39 Å². The molecule has 0 aliphatic rings. The van der Waals surface area contributed by atoms with Crippen LogP contribution in [0.3, 0.4) is 0 Å². The molecule has 1 aromatic carbocycles. The molecule has 0 aliphatic carbocycles. The van der Waals surface area contributed by atoms with Crippen molar-refractivity contribution >= 4 is 23.4 Å². The minimum absolute atomic E-state index is 0.207. The van der Waals surface area contributed by atoms with Crippen LogP contribution in [-0.2, 0) is 0 Å². The van der Waals surface area contributed by atoms with Crippen molar-refractivity contribution in [1.82, 2.24) is 0 Å². The molecule has 0 heterocycles. The third-order valence-electron chi connectivity index (χ3n) is 1.43. The van der Waals surface area contributed by atoms with E-state index in [2.05, 4.69) is 6.58 Å². The van der Waals surface area contributed by atoms with Gasteiger partial charge in [0.1, 0.15) is 5.82 Å². The fourth-order valence-corrected chi connectivity index (χ4v) is 1.83. The van der Waals surface area contributed by atoms with Gasteiger partial charge in [-0.2, -0.15) is 0 Å². The molecule has 0 bridgehead atoms. The molecule has 0 fully saturated rings. The lowest BCUT2D eigenvalue weighted by atomic mass is 10.3. The summed E-state index contributed by atoms with van der Waals surface area (Å²) in [7, 11) is 0. The van der Waals surface area contributed by atoms with Crippen LogP contribution in [0.25, 0.3) is 0 Å². The Labute approximate surface area is 86.8 Å². The molecule has 0 aromatic heterocycles. The second kappa shape index (κ2) is 5.30. The summed E-state index contributed by atoms with van der Waals surface area (Å²) in [5.41, 5.74) is 0.955. The molecule has 0 saturated heterocycles. The average Bonchev–Trinajstić information content (AvgIpc) is 2.14. The number of benzene rings is 1. The lowest BCUT2D eigenvalue weighted by Crippen LogP contribution is -1.86. The van der Waals surface area contributed by atoms with Gasteiger partial charge < -0.3 is 0 Å². The predicted molar refractivity (Wildman–Crippen MR) is 57.0 cm³/mol. The zero-order chi connectivity index (χ0) is 9.68. The molecule has 13 heavy (non-hydrogen) atoms. The van der Waals surface area contributed by atoms with Crippen LogP contribution < -0.4 is 0 Å². The molecule has 0 spiro atoms. The van der Waals surface area contributed by atoms with Crippen molar-refractivity contribution in [2.75, 3.05) is 11.6 Å². The third kappa shape index (κ3) is 3.83. The fourth-order valence-electron chi connectivity index (χ4n) is 0.781. The molecule has 1 aromatic rings. The molecular weight excluding hydrogens is 207 g/mol. The maximum absolute atomic E-state index is 12.7. The Balaban J connectivity index is 2.50. The zero-order valence-electron chi connectivity index (χ0n) is 7.09. The first-order valence-electron chi connectivity index (χ1n) is 3.83. The Morgan fingerprint density at radius 3 is 2.92 bits per heavy atom. The topological polar surface area (TPSA) is 0 Å². The number of thioether (sulfide) groups is 1. The molecule has 0 radical (unpaired) electrons. The first-order chi connectivity index (χ1) is 6.22. The van der Waals surface area contributed by atoms with Gasteiger partial charge in [0, 0.05) is 16.5 Å². The van der Waals surface area contributed by atoms with Gasteiger partial charge in [-0.3, -0.25) is 0 Å². The van der Waals surface area contributed by atoms with Crippen molar-refractivity contribution in [2.45, 2.75) is 4.90 Å². The van der Waals surface area contributed by atoms with Gasteiger partial charge in [-0.15, -0.1) is 23.4 Å². The molecule has 0 atom stereocenters. The predicted octanol–water partition coefficient (Wildman–Crippen LogP) is 3.71. The number of alkyl halides is 1. The fraction of sp³-hybridized carbons (Fsp3) is 0.200. The van der Waals surface area contributed by atoms with Gasteiger partial charge in [0.05, 0.1) is 0 Å². The molecule has 0 aliphatic heterocycles. The van der Waals surface area contributed by atoms with E-state index < -0.39 is 0 Å². The highest BCUT2D eigenvalue weighted by atomic mass is 35.5. The molecule has 0 amide bonds. The number of rotatable bonds is 4. The van der Waals surface area contributed by atoms with Gasteiger partial charge in [0.2, 0.25) is 0 Å². The monoisotopic (exact) mass is 216 g/mol. The lowest BCUT2D eigenvalue weighted by molar-refractivity contribution is 0.624. The Kier molecular flexibility index (Phi) is 4.33. The van der Waals surface area contributed by atoms with Gasteiger partial charge in [-0.1, -0.05) is 18.2 Å². The normalized spacial score (nSPS) is 10.0. The third-order valence-corrected chi connectivity index (χ3v) is 2.95. The van der Waals surface area contributed by atoms with E-state index in [1.807, 2.05) is 6.07 Å². The molecular formula is C10H10ClFS. The van der Waals surface area contributed by atoms with Crippen LogP contribution in [0.4, 0.5) is 4.39 Å². The Morgan fingerprint density at radius 1 is 1.54 bits per heavy atom. The van der Waals surface area contributed by atoms with E-state index in [-0.39, 0.29) is 5.82 Å². The Morgan fingerprint density at radius 2 is 2.31 bits per heavy atom. The number of halogens is 2. The van der Waals surface area contributed by atoms with E-state index in [1.54, 1.807) is 17.8 Å². The van der Waals surface area contributed by atoms with E-state index in [9.17, 15) is 4.39 Å². The second-order valence-electron chi connectivity index (χ2n) is 2.63. The van der Waals surface area contributed by atoms with Crippen molar-refractivity contribution < 1.29 is 4.39 Å². The first-order valence-corrected chi connectivity index (χ1v) is 5.35. The van der Waals surface area contributed by atoms with E-state index in [4.69, 9.17) is 11.6 Å². The zero-order valence-corrected chi connectivity index (χ0v) is 8.67. The number of hydrogen-bond acceptors (Lipinski definition) is 1. The van der Waals surface area contributed by atoms with Crippen LogP contribution in [0.1, 0.15) is 0 Å². The van der Waals surface area contributed by atoms with Crippen molar-refractivity contribution in [3.63, 3.8) is 0 Å². The quantitative estimate of drug-likeness (QED) is 0.420. The summed E-state index contributed by atoms with van der Waals surface area (Å²) < 4.78 is 12.7. The Bertz CT molecular complexity index is 299. The minimum atomic E-state index is -0.207. The number of hydrogen-bond donors (Lipinski definition) is 0. The summed E-state index contributed by atoms with van der Waals surface area (Å²) in [6.07, 6.45) is 0. The molecule has 0 unspecified atom stereocenters. The highest BCUT2D eigenvalue weighted by molar-refractivity contribution is 7.99. The van der Waals surface area contributed by atoms with Crippen LogP contribution in [0.2, 0.25) is 0 Å². The SMILES string of the molecule is C=C(CCl)CSc1cccc(F)c1. The largest absolute Gasteiger partial charge is 0.207 e. The summed E-state index contributed by atoms with van der Waals surface area (Å²) in [6, 6.07) is 6.50. The van der Waals surface area contributed by atoms with Gasteiger partial charge >= 0.3 is 0 Å². The average molecular weight is 217 g/mol. The highest BCUT2D eigenvalue weighted by Gasteiger charge is 1.97. The molecule has 1 rings (SSSR count). The summed E-state index contributed by atoms with van der Waals surface area (Å²) in [6.45, 7) is 3.76. The molecule has 70 valence electrons. The van der Waals surface area contributed by atoms with Crippen LogP contribution in [0.5, 0.6) is 0 Å². The lowest BCUT2D eigenvalue weighted by Gasteiger charge is -2.01. The summed E-state index contributed by atoms with van der Waals surface area (Å²) in [4.78, 5) is 0.909. The van der Waals surface area contributed by atoms with E-state index in [1.165, 1.54) is 12.1 Å². The van der Waals surface area contributed by atoms with Crippen LogP contribution in [0.15, 0.2) is 41.3 Å². The van der Waals surface area contributed by atoms with Gasteiger partial charge in [-0.05, 0) is 18.2 Å². The summed E-state index contributed by atoms with van der Waals surface area (Å²) in [5.74, 6) is 0.997. The summed E-state index contributed by atoms with van der Waals surface area (Å²) in [5, 5.41) is 0. The van der Waals surface area contributed by atoms with Crippen LogP contribution in [0, 0.1) is 5.82 Å². The van der Waals surface area contributed by atoms with Crippen molar-refractivity contribution in [1.29, 1.82) is 0 Å². The van der Waals surface area contributed by atoms with E-state index in [0.717, 1.165) is 16.2 Å². The smallest absolute Gasteiger partial charge is 0.124 e. The van der Waals surface area contributed by atoms with Crippen molar-refractivity contribution in [3.8, 4) is 0 Å². The van der Waals surface area contributed by atoms with Crippen LogP contribution >= 0.6 is 23.4 Å².